The maximum atomic E-state index is 13.7. The van der Waals surface area contributed by atoms with Crippen LogP contribution in [0, 0.1) is 12.7 Å². The minimum absolute atomic E-state index is 0.0886. The standard InChI is InChI=1S/C12H13FN2OS/c1-7-11(14-15(2)12(7)16)8-4-5-10(17-3)9(13)6-8/h4-6,14H,1-3H3. The van der Waals surface area contributed by atoms with Crippen molar-refractivity contribution in [3.8, 4) is 11.3 Å². The number of aromatic amines is 1. The van der Waals surface area contributed by atoms with Crippen LogP contribution in [0.3, 0.4) is 0 Å². The van der Waals surface area contributed by atoms with Crippen molar-refractivity contribution in [2.24, 2.45) is 7.05 Å². The van der Waals surface area contributed by atoms with Gasteiger partial charge in [0, 0.05) is 23.1 Å². The van der Waals surface area contributed by atoms with Crippen LogP contribution in [-0.4, -0.2) is 16.0 Å². The lowest BCUT2D eigenvalue weighted by molar-refractivity contribution is 0.602. The maximum absolute atomic E-state index is 13.7. The third-order valence-corrected chi connectivity index (χ3v) is 3.49. The average molecular weight is 252 g/mol. The van der Waals surface area contributed by atoms with Gasteiger partial charge in [-0.15, -0.1) is 11.8 Å². The molecule has 0 radical (unpaired) electrons. The van der Waals surface area contributed by atoms with E-state index in [-0.39, 0.29) is 11.4 Å². The molecule has 0 saturated carbocycles. The zero-order valence-corrected chi connectivity index (χ0v) is 10.7. The fraction of sp³-hybridized carbons (Fsp3) is 0.250. The Morgan fingerprint density at radius 3 is 2.59 bits per heavy atom. The van der Waals surface area contributed by atoms with E-state index in [1.54, 1.807) is 20.0 Å². The molecule has 1 aromatic heterocycles. The van der Waals surface area contributed by atoms with Gasteiger partial charge in [0.05, 0.1) is 5.69 Å². The van der Waals surface area contributed by atoms with E-state index in [0.717, 1.165) is 0 Å². The minimum atomic E-state index is -0.265. The van der Waals surface area contributed by atoms with E-state index in [9.17, 15) is 9.18 Å². The van der Waals surface area contributed by atoms with Gasteiger partial charge in [-0.1, -0.05) is 6.07 Å². The van der Waals surface area contributed by atoms with Gasteiger partial charge in [0.2, 0.25) is 0 Å². The smallest absolute Gasteiger partial charge is 0.269 e. The highest BCUT2D eigenvalue weighted by Gasteiger charge is 2.11. The van der Waals surface area contributed by atoms with Crippen LogP contribution in [0.4, 0.5) is 4.39 Å². The first-order chi connectivity index (χ1) is 8.04. The van der Waals surface area contributed by atoms with Crippen molar-refractivity contribution in [2.45, 2.75) is 11.8 Å². The summed E-state index contributed by atoms with van der Waals surface area (Å²) in [5.74, 6) is -0.265. The third-order valence-electron chi connectivity index (χ3n) is 2.72. The minimum Gasteiger partial charge on any atom is -0.295 e. The molecule has 0 aliphatic rings. The number of nitrogens with one attached hydrogen (secondary N) is 1. The Morgan fingerprint density at radius 1 is 1.41 bits per heavy atom. The highest BCUT2D eigenvalue weighted by molar-refractivity contribution is 7.98. The number of rotatable bonds is 2. The molecule has 17 heavy (non-hydrogen) atoms. The summed E-state index contributed by atoms with van der Waals surface area (Å²) in [5, 5.41) is 2.92. The van der Waals surface area contributed by atoms with Crippen molar-refractivity contribution in [3.05, 3.63) is 39.9 Å². The number of hydrogen-bond donors (Lipinski definition) is 1. The highest BCUT2D eigenvalue weighted by Crippen LogP contribution is 2.25. The summed E-state index contributed by atoms with van der Waals surface area (Å²) in [4.78, 5) is 12.2. The topological polar surface area (TPSA) is 37.8 Å². The van der Waals surface area contributed by atoms with E-state index in [0.29, 0.717) is 21.7 Å². The third kappa shape index (κ3) is 2.02. The molecule has 5 heteroatoms. The summed E-state index contributed by atoms with van der Waals surface area (Å²) in [5.41, 5.74) is 1.87. The lowest BCUT2D eigenvalue weighted by Gasteiger charge is -2.03. The van der Waals surface area contributed by atoms with Gasteiger partial charge < -0.3 is 0 Å². The number of hydrogen-bond acceptors (Lipinski definition) is 2. The van der Waals surface area contributed by atoms with E-state index in [2.05, 4.69) is 5.10 Å². The maximum Gasteiger partial charge on any atom is 0.269 e. The van der Waals surface area contributed by atoms with Gasteiger partial charge in [0.25, 0.3) is 5.56 Å². The second-order valence-electron chi connectivity index (χ2n) is 3.83. The number of aryl methyl sites for hydroxylation is 1. The van der Waals surface area contributed by atoms with Crippen LogP contribution >= 0.6 is 11.8 Å². The van der Waals surface area contributed by atoms with E-state index in [4.69, 9.17) is 0 Å². The van der Waals surface area contributed by atoms with Gasteiger partial charge in [-0.25, -0.2) is 4.39 Å². The van der Waals surface area contributed by atoms with Crippen molar-refractivity contribution < 1.29 is 4.39 Å². The Kier molecular flexibility index (Phi) is 3.11. The molecule has 1 aromatic carbocycles. The van der Waals surface area contributed by atoms with Crippen LogP contribution in [0.1, 0.15) is 5.56 Å². The zero-order valence-electron chi connectivity index (χ0n) is 9.87. The van der Waals surface area contributed by atoms with Crippen molar-refractivity contribution in [3.63, 3.8) is 0 Å². The SMILES string of the molecule is CSc1ccc(-c2[nH]n(C)c(=O)c2C)cc1F. The van der Waals surface area contributed by atoms with Gasteiger partial charge in [0.15, 0.2) is 0 Å². The summed E-state index contributed by atoms with van der Waals surface area (Å²) in [6.45, 7) is 1.73. The summed E-state index contributed by atoms with van der Waals surface area (Å²) in [6.07, 6.45) is 1.83. The molecule has 0 atom stereocenters. The number of benzene rings is 1. The largest absolute Gasteiger partial charge is 0.295 e. The summed E-state index contributed by atoms with van der Waals surface area (Å²) in [6, 6.07) is 4.98. The number of aromatic nitrogens is 2. The number of H-pyrrole nitrogens is 1. The van der Waals surface area contributed by atoms with Gasteiger partial charge >= 0.3 is 0 Å². The van der Waals surface area contributed by atoms with Crippen LogP contribution in [0.25, 0.3) is 11.3 Å². The predicted molar refractivity (Wildman–Crippen MR) is 67.9 cm³/mol. The van der Waals surface area contributed by atoms with Gasteiger partial charge in [0.1, 0.15) is 5.82 Å². The Labute approximate surface area is 103 Å². The fourth-order valence-corrected chi connectivity index (χ4v) is 2.22. The molecule has 0 aliphatic heterocycles. The molecule has 3 nitrogen and oxygen atoms in total. The molecule has 90 valence electrons. The Hall–Kier alpha value is -1.49. The second kappa shape index (κ2) is 4.41. The van der Waals surface area contributed by atoms with Crippen molar-refractivity contribution >= 4 is 11.8 Å². The molecule has 0 amide bonds. The first-order valence-corrected chi connectivity index (χ1v) is 6.36. The molecule has 0 aliphatic carbocycles. The molecule has 1 heterocycles. The van der Waals surface area contributed by atoms with Crippen LogP contribution in [-0.2, 0) is 7.05 Å². The summed E-state index contributed by atoms with van der Waals surface area (Å²) in [7, 11) is 1.64. The van der Waals surface area contributed by atoms with Crippen LogP contribution < -0.4 is 5.56 Å². The molecule has 0 spiro atoms. The Balaban J connectivity index is 2.57. The van der Waals surface area contributed by atoms with Crippen molar-refractivity contribution in [1.82, 2.24) is 9.78 Å². The lowest BCUT2D eigenvalue weighted by atomic mass is 10.1. The van der Waals surface area contributed by atoms with E-state index in [1.807, 2.05) is 12.3 Å². The van der Waals surface area contributed by atoms with E-state index >= 15 is 0 Å². The van der Waals surface area contributed by atoms with Crippen LogP contribution in [0.15, 0.2) is 27.9 Å². The van der Waals surface area contributed by atoms with Crippen molar-refractivity contribution in [1.29, 1.82) is 0 Å². The molecule has 0 bridgehead atoms. The van der Waals surface area contributed by atoms with Gasteiger partial charge in [-0.2, -0.15) is 0 Å². The molecule has 0 unspecified atom stereocenters. The van der Waals surface area contributed by atoms with E-state index in [1.165, 1.54) is 22.5 Å². The quantitative estimate of drug-likeness (QED) is 0.834. The first kappa shape index (κ1) is 12.0. The highest BCUT2D eigenvalue weighted by atomic mass is 32.2. The zero-order chi connectivity index (χ0) is 12.6. The first-order valence-electron chi connectivity index (χ1n) is 5.14. The summed E-state index contributed by atoms with van der Waals surface area (Å²) >= 11 is 1.36. The molecule has 2 aromatic rings. The molecular weight excluding hydrogens is 239 g/mol. The monoisotopic (exact) mass is 252 g/mol. The number of nitrogens with zero attached hydrogens (tertiary/aromatic N) is 1. The number of halogens is 1. The Morgan fingerprint density at radius 2 is 2.12 bits per heavy atom. The lowest BCUT2D eigenvalue weighted by Crippen LogP contribution is -2.12. The van der Waals surface area contributed by atoms with Gasteiger partial charge in [-0.3, -0.25) is 14.6 Å². The van der Waals surface area contributed by atoms with E-state index < -0.39 is 0 Å². The Bertz CT molecular complexity index is 615. The van der Waals surface area contributed by atoms with Crippen LogP contribution in [0.5, 0.6) is 0 Å². The normalized spacial score (nSPS) is 10.8. The fourth-order valence-electron chi connectivity index (χ4n) is 1.76. The average Bonchev–Trinajstić information content (AvgIpc) is 2.57. The van der Waals surface area contributed by atoms with Crippen molar-refractivity contribution in [2.75, 3.05) is 6.26 Å². The molecule has 1 N–H and O–H groups in total. The molecule has 0 saturated heterocycles. The molecular formula is C12H13FN2OS. The van der Waals surface area contributed by atoms with Gasteiger partial charge in [-0.05, 0) is 25.3 Å². The summed E-state index contributed by atoms with van der Waals surface area (Å²) < 4.78 is 15.0. The van der Waals surface area contributed by atoms with Crippen LogP contribution in [0.2, 0.25) is 0 Å². The number of thioether (sulfide) groups is 1. The molecule has 2 rings (SSSR count). The molecule has 0 fully saturated rings. The predicted octanol–water partition coefficient (Wildman–Crippen LogP) is 2.55. The second-order valence-corrected chi connectivity index (χ2v) is 4.67.